The second-order valence-electron chi connectivity index (χ2n) is 5.49. The van der Waals surface area contributed by atoms with Crippen molar-refractivity contribution in [3.05, 3.63) is 22.7 Å². The van der Waals surface area contributed by atoms with Crippen LogP contribution in [0, 0.1) is 0 Å². The number of anilines is 2. The Morgan fingerprint density at radius 3 is 2.28 bits per heavy atom. The highest BCUT2D eigenvalue weighted by Gasteiger charge is 2.15. The average Bonchev–Trinajstić information content (AvgIpc) is 2.60. The molecule has 1 aliphatic rings. The van der Waals surface area contributed by atoms with Crippen molar-refractivity contribution in [1.29, 1.82) is 0 Å². The molecule has 18 heavy (non-hydrogen) atoms. The molecule has 0 radical (unpaired) electrons. The number of nitrogen functional groups attached to an aromatic ring is 1. The average molecular weight is 267 g/mol. The Labute approximate surface area is 115 Å². The van der Waals surface area contributed by atoms with E-state index in [1.54, 1.807) is 0 Å². The van der Waals surface area contributed by atoms with Crippen LogP contribution in [-0.4, -0.2) is 13.1 Å². The highest BCUT2D eigenvalue weighted by atomic mass is 35.5. The molecule has 0 aliphatic carbocycles. The fraction of sp³-hybridized carbons (Fsp3) is 0.600. The zero-order chi connectivity index (χ0) is 13.1. The van der Waals surface area contributed by atoms with Gasteiger partial charge in [-0.3, -0.25) is 0 Å². The van der Waals surface area contributed by atoms with Gasteiger partial charge in [0, 0.05) is 18.8 Å². The van der Waals surface area contributed by atoms with Crippen molar-refractivity contribution in [2.45, 2.75) is 45.4 Å². The van der Waals surface area contributed by atoms with Crippen molar-refractivity contribution in [3.8, 4) is 0 Å². The number of hydrogen-bond donors (Lipinski definition) is 1. The molecule has 0 bridgehead atoms. The molecule has 0 atom stereocenters. The fourth-order valence-corrected chi connectivity index (χ4v) is 2.83. The molecule has 0 unspecified atom stereocenters. The number of benzene rings is 1. The second-order valence-corrected chi connectivity index (χ2v) is 5.89. The van der Waals surface area contributed by atoms with Crippen LogP contribution < -0.4 is 10.6 Å². The molecule has 3 heteroatoms. The maximum atomic E-state index is 6.27. The third-order valence-corrected chi connectivity index (χ3v) is 4.05. The molecule has 2 rings (SSSR count). The van der Waals surface area contributed by atoms with Gasteiger partial charge in [0.2, 0.25) is 0 Å². The minimum atomic E-state index is 0.412. The van der Waals surface area contributed by atoms with Crippen molar-refractivity contribution < 1.29 is 0 Å². The first-order valence-electron chi connectivity index (χ1n) is 6.93. The van der Waals surface area contributed by atoms with E-state index in [0.717, 1.165) is 18.8 Å². The van der Waals surface area contributed by atoms with Gasteiger partial charge < -0.3 is 10.6 Å². The van der Waals surface area contributed by atoms with Crippen LogP contribution in [0.3, 0.4) is 0 Å². The highest BCUT2D eigenvalue weighted by Crippen LogP contribution is 2.34. The lowest BCUT2D eigenvalue weighted by Crippen LogP contribution is -2.24. The van der Waals surface area contributed by atoms with Crippen LogP contribution in [0.1, 0.15) is 51.0 Å². The summed E-state index contributed by atoms with van der Waals surface area (Å²) in [4.78, 5) is 2.45. The Kier molecular flexibility index (Phi) is 4.39. The molecule has 0 amide bonds. The predicted octanol–water partition coefficient (Wildman–Crippen LogP) is 4.43. The first-order chi connectivity index (χ1) is 8.59. The third kappa shape index (κ3) is 2.92. The molecule has 2 N–H and O–H groups in total. The number of hydrogen-bond acceptors (Lipinski definition) is 2. The van der Waals surface area contributed by atoms with E-state index in [1.807, 2.05) is 6.07 Å². The minimum Gasteiger partial charge on any atom is -0.397 e. The third-order valence-electron chi connectivity index (χ3n) is 3.74. The lowest BCUT2D eigenvalue weighted by molar-refractivity contribution is 0.726. The maximum Gasteiger partial charge on any atom is 0.0658 e. The van der Waals surface area contributed by atoms with Gasteiger partial charge in [0.15, 0.2) is 0 Å². The molecule has 100 valence electrons. The molecule has 1 fully saturated rings. The Morgan fingerprint density at radius 1 is 1.11 bits per heavy atom. The van der Waals surface area contributed by atoms with Crippen molar-refractivity contribution in [1.82, 2.24) is 0 Å². The standard InChI is InChI=1S/C15H23ClN2/c1-11(2)13-9-12(10-14(16)15(13)17)18-7-5-3-4-6-8-18/h9-11H,3-8,17H2,1-2H3. The number of nitrogens with zero attached hydrogens (tertiary/aromatic N) is 1. The van der Waals surface area contributed by atoms with E-state index in [-0.39, 0.29) is 0 Å². The van der Waals surface area contributed by atoms with Gasteiger partial charge in [-0.25, -0.2) is 0 Å². The van der Waals surface area contributed by atoms with Crippen LogP contribution in [0.5, 0.6) is 0 Å². The van der Waals surface area contributed by atoms with Crippen LogP contribution in [0.4, 0.5) is 11.4 Å². The van der Waals surface area contributed by atoms with Crippen LogP contribution in [0.25, 0.3) is 0 Å². The van der Waals surface area contributed by atoms with E-state index < -0.39 is 0 Å². The zero-order valence-corrected chi connectivity index (χ0v) is 12.1. The van der Waals surface area contributed by atoms with E-state index >= 15 is 0 Å². The van der Waals surface area contributed by atoms with Crippen molar-refractivity contribution in [2.75, 3.05) is 23.7 Å². The fourth-order valence-electron chi connectivity index (χ4n) is 2.61. The summed E-state index contributed by atoms with van der Waals surface area (Å²) >= 11 is 6.27. The molecule has 1 aromatic rings. The van der Waals surface area contributed by atoms with Crippen LogP contribution >= 0.6 is 11.6 Å². The summed E-state index contributed by atoms with van der Waals surface area (Å²) < 4.78 is 0. The number of rotatable bonds is 2. The molecule has 1 saturated heterocycles. The maximum absolute atomic E-state index is 6.27. The van der Waals surface area contributed by atoms with E-state index in [9.17, 15) is 0 Å². The summed E-state index contributed by atoms with van der Waals surface area (Å²) in [5, 5.41) is 0.695. The summed E-state index contributed by atoms with van der Waals surface area (Å²) in [5.41, 5.74) is 9.21. The Hall–Kier alpha value is -0.890. The summed E-state index contributed by atoms with van der Waals surface area (Å²) in [6.07, 6.45) is 5.24. The SMILES string of the molecule is CC(C)c1cc(N2CCCCCC2)cc(Cl)c1N. The summed E-state index contributed by atoms with van der Waals surface area (Å²) in [7, 11) is 0. The van der Waals surface area contributed by atoms with Crippen molar-refractivity contribution in [3.63, 3.8) is 0 Å². The molecule has 0 aromatic heterocycles. The van der Waals surface area contributed by atoms with Crippen LogP contribution in [0.15, 0.2) is 12.1 Å². The van der Waals surface area contributed by atoms with Gasteiger partial charge in [-0.2, -0.15) is 0 Å². The summed E-state index contributed by atoms with van der Waals surface area (Å²) in [6.45, 7) is 6.60. The molecule has 1 aliphatic heterocycles. The smallest absolute Gasteiger partial charge is 0.0658 e. The molecule has 1 aromatic carbocycles. The number of halogens is 1. The molecule has 2 nitrogen and oxygen atoms in total. The van der Waals surface area contributed by atoms with Gasteiger partial charge in [-0.1, -0.05) is 38.3 Å². The molecule has 0 saturated carbocycles. The first kappa shape index (κ1) is 13.5. The molecular formula is C15H23ClN2. The first-order valence-corrected chi connectivity index (χ1v) is 7.31. The lowest BCUT2D eigenvalue weighted by atomic mass is 10.00. The number of nitrogens with two attached hydrogens (primary N) is 1. The van der Waals surface area contributed by atoms with Gasteiger partial charge in [-0.05, 0) is 36.5 Å². The topological polar surface area (TPSA) is 29.3 Å². The van der Waals surface area contributed by atoms with Crippen LogP contribution in [-0.2, 0) is 0 Å². The van der Waals surface area contributed by atoms with Gasteiger partial charge in [0.25, 0.3) is 0 Å². The van der Waals surface area contributed by atoms with Gasteiger partial charge >= 0.3 is 0 Å². The molecule has 0 spiro atoms. The normalized spacial score (nSPS) is 17.0. The zero-order valence-electron chi connectivity index (χ0n) is 11.4. The van der Waals surface area contributed by atoms with E-state index in [0.29, 0.717) is 10.9 Å². The molecule has 1 heterocycles. The van der Waals surface area contributed by atoms with Gasteiger partial charge in [-0.15, -0.1) is 0 Å². The monoisotopic (exact) mass is 266 g/mol. The lowest BCUT2D eigenvalue weighted by Gasteiger charge is -2.25. The van der Waals surface area contributed by atoms with E-state index in [4.69, 9.17) is 17.3 Å². The largest absolute Gasteiger partial charge is 0.397 e. The van der Waals surface area contributed by atoms with Crippen molar-refractivity contribution >= 4 is 23.0 Å². The quantitative estimate of drug-likeness (QED) is 0.803. The highest BCUT2D eigenvalue weighted by molar-refractivity contribution is 6.33. The van der Waals surface area contributed by atoms with E-state index in [1.165, 1.54) is 36.9 Å². The van der Waals surface area contributed by atoms with Crippen LogP contribution in [0.2, 0.25) is 5.02 Å². The summed E-state index contributed by atoms with van der Waals surface area (Å²) in [5.74, 6) is 0.412. The Bertz CT molecular complexity index is 407. The predicted molar refractivity (Wildman–Crippen MR) is 80.6 cm³/mol. The van der Waals surface area contributed by atoms with E-state index in [2.05, 4.69) is 24.8 Å². The minimum absolute atomic E-state index is 0.412. The van der Waals surface area contributed by atoms with Gasteiger partial charge in [0.1, 0.15) is 0 Å². The summed E-state index contributed by atoms with van der Waals surface area (Å²) in [6, 6.07) is 4.24. The Balaban J connectivity index is 2.32. The van der Waals surface area contributed by atoms with Gasteiger partial charge in [0.05, 0.1) is 10.7 Å². The Morgan fingerprint density at radius 2 is 1.72 bits per heavy atom. The van der Waals surface area contributed by atoms with Crippen molar-refractivity contribution in [2.24, 2.45) is 0 Å². The second kappa shape index (κ2) is 5.83. The molecular weight excluding hydrogens is 244 g/mol.